The molecule has 0 aromatic rings. The number of nitriles is 1. The maximum absolute atomic E-state index is 8.68. The molecular formula is C12H18N2S. The number of nitrogens with zero attached hydrogens (tertiary/aromatic N) is 2. The van der Waals surface area contributed by atoms with E-state index in [1.807, 2.05) is 13.0 Å². The molecule has 0 aliphatic carbocycles. The summed E-state index contributed by atoms with van der Waals surface area (Å²) in [6.45, 7) is 6.38. The number of hydrogen-bond acceptors (Lipinski definition) is 3. The van der Waals surface area contributed by atoms with Crippen molar-refractivity contribution in [2.24, 2.45) is 0 Å². The van der Waals surface area contributed by atoms with Crippen LogP contribution in [0.5, 0.6) is 0 Å². The molecular weight excluding hydrogens is 204 g/mol. The molecule has 1 rings (SSSR count). The van der Waals surface area contributed by atoms with E-state index in [2.05, 4.69) is 24.9 Å². The van der Waals surface area contributed by atoms with Crippen molar-refractivity contribution in [3.8, 4) is 6.07 Å². The second-order valence-electron chi connectivity index (χ2n) is 3.88. The zero-order chi connectivity index (χ0) is 11.3. The molecule has 3 heteroatoms. The van der Waals surface area contributed by atoms with Crippen LogP contribution in [0.3, 0.4) is 0 Å². The van der Waals surface area contributed by atoms with E-state index in [9.17, 15) is 0 Å². The molecule has 82 valence electrons. The van der Waals surface area contributed by atoms with Gasteiger partial charge in [-0.25, -0.2) is 0 Å². The number of allylic oxidation sites excluding steroid dienone is 2. The first-order chi connectivity index (χ1) is 7.17. The van der Waals surface area contributed by atoms with E-state index < -0.39 is 0 Å². The SMILES string of the molecule is C/C=C(/CC#N)SC1=C(C)CCN(C)C1. The molecule has 0 aromatic heterocycles. The minimum atomic E-state index is 0.529. The highest BCUT2D eigenvalue weighted by Crippen LogP contribution is 2.33. The van der Waals surface area contributed by atoms with E-state index in [0.717, 1.165) is 19.5 Å². The Bertz CT molecular complexity index is 323. The minimum Gasteiger partial charge on any atom is -0.301 e. The van der Waals surface area contributed by atoms with Crippen LogP contribution in [0, 0.1) is 11.3 Å². The van der Waals surface area contributed by atoms with Crippen LogP contribution in [0.1, 0.15) is 26.7 Å². The first-order valence-electron chi connectivity index (χ1n) is 5.24. The Labute approximate surface area is 96.6 Å². The van der Waals surface area contributed by atoms with Gasteiger partial charge in [0, 0.05) is 18.0 Å². The summed E-state index contributed by atoms with van der Waals surface area (Å²) in [7, 11) is 2.15. The van der Waals surface area contributed by atoms with Crippen LogP contribution in [0.4, 0.5) is 0 Å². The largest absolute Gasteiger partial charge is 0.301 e. The summed E-state index contributed by atoms with van der Waals surface area (Å²) in [5, 5.41) is 8.68. The summed E-state index contributed by atoms with van der Waals surface area (Å²) in [5.41, 5.74) is 1.48. The van der Waals surface area contributed by atoms with Gasteiger partial charge in [-0.2, -0.15) is 5.26 Å². The molecule has 0 spiro atoms. The van der Waals surface area contributed by atoms with Crippen molar-refractivity contribution < 1.29 is 0 Å². The van der Waals surface area contributed by atoms with Crippen molar-refractivity contribution in [3.05, 3.63) is 21.5 Å². The van der Waals surface area contributed by atoms with E-state index in [1.165, 1.54) is 15.4 Å². The van der Waals surface area contributed by atoms with Gasteiger partial charge in [0.05, 0.1) is 12.5 Å². The molecule has 1 aliphatic heterocycles. The average Bonchev–Trinajstić information content (AvgIpc) is 2.22. The smallest absolute Gasteiger partial charge is 0.0675 e. The summed E-state index contributed by atoms with van der Waals surface area (Å²) >= 11 is 1.78. The summed E-state index contributed by atoms with van der Waals surface area (Å²) in [6, 6.07) is 2.21. The fourth-order valence-electron chi connectivity index (χ4n) is 1.51. The highest BCUT2D eigenvalue weighted by Gasteiger charge is 2.14. The van der Waals surface area contributed by atoms with Gasteiger partial charge in [-0.1, -0.05) is 23.4 Å². The molecule has 0 unspecified atom stereocenters. The predicted octanol–water partition coefficient (Wildman–Crippen LogP) is 3.15. The van der Waals surface area contributed by atoms with E-state index in [-0.39, 0.29) is 0 Å². The van der Waals surface area contributed by atoms with Gasteiger partial charge >= 0.3 is 0 Å². The van der Waals surface area contributed by atoms with Crippen molar-refractivity contribution in [3.63, 3.8) is 0 Å². The van der Waals surface area contributed by atoms with Crippen LogP contribution >= 0.6 is 11.8 Å². The fraction of sp³-hybridized carbons (Fsp3) is 0.583. The van der Waals surface area contributed by atoms with Crippen LogP contribution in [-0.2, 0) is 0 Å². The lowest BCUT2D eigenvalue weighted by atomic mass is 10.1. The molecule has 0 N–H and O–H groups in total. The van der Waals surface area contributed by atoms with Crippen LogP contribution < -0.4 is 0 Å². The third-order valence-corrected chi connectivity index (χ3v) is 3.95. The highest BCUT2D eigenvalue weighted by molar-refractivity contribution is 8.06. The topological polar surface area (TPSA) is 27.0 Å². The first kappa shape index (κ1) is 12.4. The summed E-state index contributed by atoms with van der Waals surface area (Å²) < 4.78 is 0. The quantitative estimate of drug-likeness (QED) is 0.734. The van der Waals surface area contributed by atoms with Gasteiger partial charge in [-0.05, 0) is 32.2 Å². The molecule has 2 nitrogen and oxygen atoms in total. The number of hydrogen-bond donors (Lipinski definition) is 0. The van der Waals surface area contributed by atoms with E-state index in [4.69, 9.17) is 5.26 Å². The summed E-state index contributed by atoms with van der Waals surface area (Å²) in [5.74, 6) is 0. The number of rotatable bonds is 3. The molecule has 0 fully saturated rings. The number of likely N-dealkylation sites (N-methyl/N-ethyl adjacent to an activating group) is 1. The van der Waals surface area contributed by atoms with Gasteiger partial charge in [-0.15, -0.1) is 0 Å². The van der Waals surface area contributed by atoms with Crippen LogP contribution in [0.2, 0.25) is 0 Å². The standard InChI is InChI=1S/C12H18N2S/c1-4-11(5-7-13)15-12-9-14(3)8-6-10(12)2/h4H,5-6,8-9H2,1-3H3/b11-4-. The van der Waals surface area contributed by atoms with E-state index in [0.29, 0.717) is 6.42 Å². The van der Waals surface area contributed by atoms with Crippen molar-refractivity contribution in [2.45, 2.75) is 26.7 Å². The minimum absolute atomic E-state index is 0.529. The van der Waals surface area contributed by atoms with E-state index in [1.54, 1.807) is 11.8 Å². The normalized spacial score (nSPS) is 19.2. The Morgan fingerprint density at radius 2 is 2.40 bits per heavy atom. The fourth-order valence-corrected chi connectivity index (χ4v) is 2.64. The molecule has 0 bridgehead atoms. The Balaban J connectivity index is 2.68. The van der Waals surface area contributed by atoms with Gasteiger partial charge in [0.2, 0.25) is 0 Å². The molecule has 15 heavy (non-hydrogen) atoms. The molecule has 0 atom stereocenters. The van der Waals surface area contributed by atoms with Gasteiger partial charge in [-0.3, -0.25) is 0 Å². The maximum Gasteiger partial charge on any atom is 0.0675 e. The number of thioether (sulfide) groups is 1. The first-order valence-corrected chi connectivity index (χ1v) is 6.06. The second-order valence-corrected chi connectivity index (χ2v) is 5.10. The van der Waals surface area contributed by atoms with E-state index >= 15 is 0 Å². The molecule has 0 aromatic carbocycles. The molecule has 0 radical (unpaired) electrons. The van der Waals surface area contributed by atoms with Crippen molar-refractivity contribution >= 4 is 11.8 Å². The van der Waals surface area contributed by atoms with Crippen LogP contribution in [0.15, 0.2) is 21.5 Å². The maximum atomic E-state index is 8.68. The molecule has 1 aliphatic rings. The summed E-state index contributed by atoms with van der Waals surface area (Å²) in [6.07, 6.45) is 3.73. The predicted molar refractivity (Wildman–Crippen MR) is 66.4 cm³/mol. The Kier molecular flexibility index (Phi) is 4.93. The average molecular weight is 222 g/mol. The Hall–Kier alpha value is -0.720. The lowest BCUT2D eigenvalue weighted by molar-refractivity contribution is 0.356. The third-order valence-electron chi connectivity index (χ3n) is 2.59. The molecule has 0 saturated heterocycles. The molecule has 0 amide bonds. The zero-order valence-electron chi connectivity index (χ0n) is 9.71. The van der Waals surface area contributed by atoms with Crippen LogP contribution in [-0.4, -0.2) is 25.0 Å². The van der Waals surface area contributed by atoms with Crippen molar-refractivity contribution in [1.82, 2.24) is 4.90 Å². The van der Waals surface area contributed by atoms with Crippen LogP contribution in [0.25, 0.3) is 0 Å². The Morgan fingerprint density at radius 3 is 3.00 bits per heavy atom. The monoisotopic (exact) mass is 222 g/mol. The Morgan fingerprint density at radius 1 is 1.67 bits per heavy atom. The lowest BCUT2D eigenvalue weighted by Gasteiger charge is -2.26. The molecule has 0 saturated carbocycles. The highest BCUT2D eigenvalue weighted by atomic mass is 32.2. The van der Waals surface area contributed by atoms with Gasteiger partial charge in [0.25, 0.3) is 0 Å². The summed E-state index contributed by atoms with van der Waals surface area (Å²) in [4.78, 5) is 4.92. The van der Waals surface area contributed by atoms with Gasteiger partial charge in [0.1, 0.15) is 0 Å². The van der Waals surface area contributed by atoms with Gasteiger partial charge in [0.15, 0.2) is 0 Å². The second kappa shape index (κ2) is 5.99. The molecule has 1 heterocycles. The van der Waals surface area contributed by atoms with Gasteiger partial charge < -0.3 is 4.90 Å². The third kappa shape index (κ3) is 3.73. The zero-order valence-corrected chi connectivity index (χ0v) is 10.5. The van der Waals surface area contributed by atoms with Crippen molar-refractivity contribution in [2.75, 3.05) is 20.1 Å². The van der Waals surface area contributed by atoms with Crippen molar-refractivity contribution in [1.29, 1.82) is 5.26 Å². The lowest BCUT2D eigenvalue weighted by Crippen LogP contribution is -2.26.